The number of ether oxygens (including phenoxy) is 1. The van der Waals surface area contributed by atoms with Crippen molar-refractivity contribution in [2.75, 3.05) is 26.3 Å². The van der Waals surface area contributed by atoms with Gasteiger partial charge in [-0.3, -0.25) is 19.0 Å². The summed E-state index contributed by atoms with van der Waals surface area (Å²) in [5, 5.41) is 17.8. The van der Waals surface area contributed by atoms with Gasteiger partial charge in [0.1, 0.15) is 5.65 Å². The summed E-state index contributed by atoms with van der Waals surface area (Å²) < 4.78 is 7.89. The Hall–Kier alpha value is -3.14. The Morgan fingerprint density at radius 1 is 1.32 bits per heavy atom. The molecule has 0 bridgehead atoms. The van der Waals surface area contributed by atoms with Crippen LogP contribution in [0, 0.1) is 5.92 Å². The van der Waals surface area contributed by atoms with Crippen molar-refractivity contribution >= 4 is 23.5 Å². The maximum atomic E-state index is 13.0. The van der Waals surface area contributed by atoms with E-state index in [1.54, 1.807) is 11.0 Å². The third-order valence-electron chi connectivity index (χ3n) is 5.33. The van der Waals surface area contributed by atoms with Crippen LogP contribution in [-0.4, -0.2) is 68.3 Å². The number of nitrogens with zero attached hydrogens (tertiary/aromatic N) is 4. The maximum Gasteiger partial charge on any atom is 0.291 e. The van der Waals surface area contributed by atoms with Crippen LogP contribution in [0.1, 0.15) is 42.6 Å². The van der Waals surface area contributed by atoms with Gasteiger partial charge in [-0.2, -0.15) is 9.61 Å². The topological polar surface area (TPSA) is 118 Å². The number of carbonyl (C=O) groups excluding carboxylic acids is 2. The van der Waals surface area contributed by atoms with E-state index >= 15 is 0 Å². The molecule has 2 N–H and O–H groups in total. The fourth-order valence-corrected chi connectivity index (χ4v) is 3.60. The molecule has 0 unspecified atom stereocenters. The average Bonchev–Trinajstić information content (AvgIpc) is 3.45. The zero-order valence-electron chi connectivity index (χ0n) is 17.7. The Labute approximate surface area is 179 Å². The molecule has 10 heteroatoms. The molecule has 166 valence electrons. The lowest BCUT2D eigenvalue weighted by Crippen LogP contribution is -2.39. The molecule has 0 atom stereocenters. The van der Waals surface area contributed by atoms with Crippen molar-refractivity contribution < 1.29 is 19.4 Å². The molecule has 3 heterocycles. The Morgan fingerprint density at radius 3 is 2.68 bits per heavy atom. The molecule has 0 aromatic carbocycles. The van der Waals surface area contributed by atoms with Crippen LogP contribution in [-0.2, 0) is 16.1 Å². The van der Waals surface area contributed by atoms with Crippen molar-refractivity contribution in [3.63, 3.8) is 0 Å². The molecule has 31 heavy (non-hydrogen) atoms. The second kappa shape index (κ2) is 8.54. The molecule has 2 amide bonds. The number of morpholine rings is 1. The summed E-state index contributed by atoms with van der Waals surface area (Å²) in [4.78, 5) is 39.7. The van der Waals surface area contributed by atoms with E-state index in [2.05, 4.69) is 10.4 Å². The van der Waals surface area contributed by atoms with E-state index < -0.39 is 11.5 Å². The highest BCUT2D eigenvalue weighted by atomic mass is 16.5. The number of rotatable bonds is 6. The zero-order valence-corrected chi connectivity index (χ0v) is 17.7. The molecule has 2 aromatic rings. The van der Waals surface area contributed by atoms with Gasteiger partial charge in [0.2, 0.25) is 11.8 Å². The Balaban J connectivity index is 1.75. The number of aromatic nitrogens is 3. The molecule has 0 spiro atoms. The van der Waals surface area contributed by atoms with Gasteiger partial charge in [-0.15, -0.1) is 0 Å². The van der Waals surface area contributed by atoms with Crippen LogP contribution in [0.5, 0.6) is 5.88 Å². The van der Waals surface area contributed by atoms with Gasteiger partial charge in [0.15, 0.2) is 5.56 Å². The third-order valence-corrected chi connectivity index (χ3v) is 5.33. The second-order valence-electron chi connectivity index (χ2n) is 8.36. The lowest BCUT2D eigenvalue weighted by molar-refractivity contribution is -0.129. The Bertz CT molecular complexity index is 1090. The number of hydrogen-bond acceptors (Lipinski definition) is 6. The lowest BCUT2D eigenvalue weighted by Gasteiger charge is -2.25. The van der Waals surface area contributed by atoms with E-state index in [0.717, 1.165) is 17.4 Å². The predicted molar refractivity (Wildman–Crippen MR) is 113 cm³/mol. The SMILES string of the molecule is CC(C)Cn1c(O)c(C(=O)NC2CC2)c(=O)n2ncc(C=CC(=O)N3CCOCC3)c12. The highest BCUT2D eigenvalue weighted by molar-refractivity contribution is 5.97. The molecular formula is C21H27N5O5. The number of carbonyl (C=O) groups is 2. The van der Waals surface area contributed by atoms with Gasteiger partial charge >= 0.3 is 0 Å². The van der Waals surface area contributed by atoms with Crippen molar-refractivity contribution in [1.29, 1.82) is 0 Å². The summed E-state index contributed by atoms with van der Waals surface area (Å²) >= 11 is 0. The molecule has 2 fully saturated rings. The van der Waals surface area contributed by atoms with Crippen LogP contribution in [0.3, 0.4) is 0 Å². The van der Waals surface area contributed by atoms with E-state index in [9.17, 15) is 19.5 Å². The number of hydrogen-bond donors (Lipinski definition) is 2. The van der Waals surface area contributed by atoms with E-state index in [1.807, 2.05) is 13.8 Å². The van der Waals surface area contributed by atoms with Crippen LogP contribution in [0.4, 0.5) is 0 Å². The van der Waals surface area contributed by atoms with Crippen LogP contribution in [0.2, 0.25) is 0 Å². The molecule has 0 radical (unpaired) electrons. The van der Waals surface area contributed by atoms with Crippen LogP contribution >= 0.6 is 0 Å². The number of fused-ring (bicyclic) bond motifs is 1. The molecule has 1 saturated heterocycles. The van der Waals surface area contributed by atoms with Crippen LogP contribution in [0.25, 0.3) is 11.7 Å². The first kappa shape index (κ1) is 21.1. The number of nitrogens with one attached hydrogen (secondary N) is 1. The van der Waals surface area contributed by atoms with Crippen molar-refractivity contribution in [2.45, 2.75) is 39.3 Å². The molecule has 10 nitrogen and oxygen atoms in total. The molecular weight excluding hydrogens is 402 g/mol. The summed E-state index contributed by atoms with van der Waals surface area (Å²) in [5.74, 6) is -1.03. The maximum absolute atomic E-state index is 13.0. The van der Waals surface area contributed by atoms with Crippen LogP contribution < -0.4 is 10.9 Å². The van der Waals surface area contributed by atoms with E-state index in [1.165, 1.54) is 16.8 Å². The molecule has 1 aliphatic heterocycles. The first-order valence-corrected chi connectivity index (χ1v) is 10.6. The minimum atomic E-state index is -0.690. The van der Waals surface area contributed by atoms with E-state index in [4.69, 9.17) is 4.74 Å². The monoisotopic (exact) mass is 429 g/mol. The lowest BCUT2D eigenvalue weighted by atomic mass is 10.2. The van der Waals surface area contributed by atoms with Gasteiger partial charge in [-0.1, -0.05) is 13.8 Å². The van der Waals surface area contributed by atoms with Gasteiger partial charge in [0, 0.05) is 37.3 Å². The van der Waals surface area contributed by atoms with Gasteiger partial charge in [0.05, 0.1) is 19.4 Å². The smallest absolute Gasteiger partial charge is 0.291 e. The van der Waals surface area contributed by atoms with Gasteiger partial charge in [-0.05, 0) is 24.8 Å². The average molecular weight is 429 g/mol. The highest BCUT2D eigenvalue weighted by Crippen LogP contribution is 2.24. The first-order chi connectivity index (χ1) is 14.9. The fraction of sp³-hybridized carbons (Fsp3) is 0.524. The second-order valence-corrected chi connectivity index (χ2v) is 8.36. The van der Waals surface area contributed by atoms with E-state index in [-0.39, 0.29) is 29.3 Å². The minimum absolute atomic E-state index is 0.0443. The molecule has 2 aromatic heterocycles. The largest absolute Gasteiger partial charge is 0.494 e. The zero-order chi connectivity index (χ0) is 22.1. The van der Waals surface area contributed by atoms with Crippen molar-refractivity contribution in [3.8, 4) is 5.88 Å². The quantitative estimate of drug-likeness (QED) is 0.650. The van der Waals surface area contributed by atoms with Gasteiger partial charge in [0.25, 0.3) is 11.5 Å². The summed E-state index contributed by atoms with van der Waals surface area (Å²) in [7, 11) is 0. The Kier molecular flexibility index (Phi) is 5.81. The summed E-state index contributed by atoms with van der Waals surface area (Å²) in [5.41, 5.74) is -0.165. The van der Waals surface area contributed by atoms with Crippen molar-refractivity contribution in [2.24, 2.45) is 5.92 Å². The normalized spacial score (nSPS) is 17.1. The van der Waals surface area contributed by atoms with Gasteiger partial charge in [-0.25, -0.2) is 0 Å². The summed E-state index contributed by atoms with van der Waals surface area (Å²) in [6, 6.07) is 0.0443. The van der Waals surface area contributed by atoms with Crippen molar-refractivity contribution in [3.05, 3.63) is 33.8 Å². The van der Waals surface area contributed by atoms with Crippen LogP contribution in [0.15, 0.2) is 17.1 Å². The first-order valence-electron chi connectivity index (χ1n) is 10.6. The van der Waals surface area contributed by atoms with Crippen molar-refractivity contribution in [1.82, 2.24) is 24.4 Å². The molecule has 4 rings (SSSR count). The highest BCUT2D eigenvalue weighted by Gasteiger charge is 2.29. The summed E-state index contributed by atoms with van der Waals surface area (Å²) in [6.07, 6.45) is 6.20. The fourth-order valence-electron chi connectivity index (χ4n) is 3.60. The summed E-state index contributed by atoms with van der Waals surface area (Å²) in [6.45, 7) is 6.35. The molecule has 1 aliphatic carbocycles. The standard InChI is InChI=1S/C21H27N5O5/c1-13(2)12-25-19-14(3-6-16(27)24-7-9-31-10-8-24)11-22-26(19)21(30)17(20(25)29)18(28)23-15-4-5-15/h3,6,11,13,15,29H,4-5,7-10,12H2,1-2H3,(H,23,28). The van der Waals surface area contributed by atoms with E-state index in [0.29, 0.717) is 44.1 Å². The number of aromatic hydroxyl groups is 1. The minimum Gasteiger partial charge on any atom is -0.494 e. The predicted octanol–water partition coefficient (Wildman–Crippen LogP) is 0.622. The Morgan fingerprint density at radius 2 is 2.03 bits per heavy atom. The molecule has 1 saturated carbocycles. The third kappa shape index (κ3) is 4.34. The molecule has 2 aliphatic rings. The van der Waals surface area contributed by atoms with Gasteiger partial charge < -0.3 is 20.1 Å². The number of amides is 2.